The van der Waals surface area contributed by atoms with Crippen molar-refractivity contribution in [3.8, 4) is 0 Å². The van der Waals surface area contributed by atoms with E-state index in [0.29, 0.717) is 6.61 Å². The molecule has 0 radical (unpaired) electrons. The molecule has 0 aliphatic heterocycles. The Kier molecular flexibility index (Phi) is 4.62. The predicted octanol–water partition coefficient (Wildman–Crippen LogP) is 0.947. The molecule has 1 aromatic rings. The van der Waals surface area contributed by atoms with Crippen LogP contribution in [0.4, 0.5) is 0 Å². The second kappa shape index (κ2) is 5.78. The van der Waals surface area contributed by atoms with Gasteiger partial charge in [-0.3, -0.25) is 4.68 Å². The molecule has 1 rings (SSSR count). The zero-order valence-corrected chi connectivity index (χ0v) is 9.21. The minimum Gasteiger partial charge on any atom is -0.374 e. The van der Waals surface area contributed by atoms with E-state index in [1.807, 2.05) is 18.7 Å². The zero-order chi connectivity index (χ0) is 10.4. The van der Waals surface area contributed by atoms with Crippen LogP contribution in [0, 0.1) is 6.92 Å². The fourth-order valence-corrected chi connectivity index (χ4v) is 1.34. The zero-order valence-electron chi connectivity index (χ0n) is 9.21. The van der Waals surface area contributed by atoms with Gasteiger partial charge < -0.3 is 10.1 Å². The van der Waals surface area contributed by atoms with E-state index in [2.05, 4.69) is 23.4 Å². The Morgan fingerprint density at radius 2 is 2.36 bits per heavy atom. The fraction of sp³-hybridized carbons (Fsp3) is 0.700. The lowest BCUT2D eigenvalue weighted by molar-refractivity contribution is 0.118. The minimum atomic E-state index is 0.649. The molecule has 0 bridgehead atoms. The van der Waals surface area contributed by atoms with E-state index in [1.165, 1.54) is 0 Å². The van der Waals surface area contributed by atoms with Gasteiger partial charge in [0, 0.05) is 13.1 Å². The summed E-state index contributed by atoms with van der Waals surface area (Å²) in [5, 5.41) is 7.39. The van der Waals surface area contributed by atoms with Crippen molar-refractivity contribution >= 4 is 0 Å². The van der Waals surface area contributed by atoms with Crippen molar-refractivity contribution < 1.29 is 4.74 Å². The highest BCUT2D eigenvalue weighted by Crippen LogP contribution is 2.04. The average molecular weight is 197 g/mol. The van der Waals surface area contributed by atoms with Crippen LogP contribution < -0.4 is 5.32 Å². The van der Waals surface area contributed by atoms with E-state index in [9.17, 15) is 0 Å². The van der Waals surface area contributed by atoms with E-state index in [0.717, 1.165) is 31.1 Å². The maximum Gasteiger partial charge on any atom is 0.0885 e. The van der Waals surface area contributed by atoms with Gasteiger partial charge in [0.25, 0.3) is 0 Å². The first-order valence-electron chi connectivity index (χ1n) is 5.03. The predicted molar refractivity (Wildman–Crippen MR) is 56.2 cm³/mol. The summed E-state index contributed by atoms with van der Waals surface area (Å²) in [5.74, 6) is 0. The Hall–Kier alpha value is -0.870. The Labute approximate surface area is 85.3 Å². The molecule has 0 aliphatic carbocycles. The van der Waals surface area contributed by atoms with Crippen molar-refractivity contribution in [3.63, 3.8) is 0 Å². The monoisotopic (exact) mass is 197 g/mol. The molecule has 0 saturated heterocycles. The average Bonchev–Trinajstić information content (AvgIpc) is 2.54. The Morgan fingerprint density at radius 3 is 3.00 bits per heavy atom. The van der Waals surface area contributed by atoms with E-state index in [-0.39, 0.29) is 0 Å². The van der Waals surface area contributed by atoms with Crippen molar-refractivity contribution in [2.24, 2.45) is 0 Å². The van der Waals surface area contributed by atoms with Gasteiger partial charge in [-0.25, -0.2) is 0 Å². The third-order valence-corrected chi connectivity index (χ3v) is 2.03. The van der Waals surface area contributed by atoms with Crippen LogP contribution in [0.2, 0.25) is 0 Å². The molecule has 4 nitrogen and oxygen atoms in total. The smallest absolute Gasteiger partial charge is 0.0885 e. The van der Waals surface area contributed by atoms with Gasteiger partial charge in [-0.2, -0.15) is 5.10 Å². The van der Waals surface area contributed by atoms with Gasteiger partial charge in [0.1, 0.15) is 0 Å². The Morgan fingerprint density at radius 1 is 1.57 bits per heavy atom. The lowest BCUT2D eigenvalue weighted by Crippen LogP contribution is -2.15. The van der Waals surface area contributed by atoms with E-state index < -0.39 is 0 Å². The molecule has 0 amide bonds. The van der Waals surface area contributed by atoms with E-state index in [1.54, 1.807) is 0 Å². The third kappa shape index (κ3) is 3.12. The Bertz CT molecular complexity index is 270. The minimum absolute atomic E-state index is 0.649. The fourth-order valence-electron chi connectivity index (χ4n) is 1.34. The molecule has 0 atom stereocenters. The molecule has 4 heteroatoms. The number of likely N-dealkylation sites (N-methyl/N-ethyl adjacent to an activating group) is 1. The van der Waals surface area contributed by atoms with Gasteiger partial charge in [0.05, 0.1) is 24.6 Å². The summed E-state index contributed by atoms with van der Waals surface area (Å²) in [4.78, 5) is 0. The summed E-state index contributed by atoms with van der Waals surface area (Å²) < 4.78 is 7.47. The van der Waals surface area contributed by atoms with Crippen LogP contribution >= 0.6 is 0 Å². The highest BCUT2D eigenvalue weighted by Gasteiger charge is 2.02. The second-order valence-electron chi connectivity index (χ2n) is 3.25. The van der Waals surface area contributed by atoms with Crippen LogP contribution in [0.1, 0.15) is 18.3 Å². The van der Waals surface area contributed by atoms with E-state index in [4.69, 9.17) is 4.74 Å². The number of hydrogen-bond acceptors (Lipinski definition) is 3. The molecule has 1 N–H and O–H groups in total. The molecule has 14 heavy (non-hydrogen) atoms. The van der Waals surface area contributed by atoms with Crippen LogP contribution in [0.15, 0.2) is 6.07 Å². The van der Waals surface area contributed by atoms with Crippen LogP contribution in [0.5, 0.6) is 0 Å². The molecule has 1 aromatic heterocycles. The molecule has 0 unspecified atom stereocenters. The summed E-state index contributed by atoms with van der Waals surface area (Å²) in [6.07, 6.45) is 0. The van der Waals surface area contributed by atoms with Gasteiger partial charge >= 0.3 is 0 Å². The van der Waals surface area contributed by atoms with Gasteiger partial charge in [-0.1, -0.05) is 0 Å². The van der Waals surface area contributed by atoms with Crippen molar-refractivity contribution in [1.29, 1.82) is 0 Å². The van der Waals surface area contributed by atoms with E-state index >= 15 is 0 Å². The summed E-state index contributed by atoms with van der Waals surface area (Å²) in [6, 6.07) is 2.07. The van der Waals surface area contributed by atoms with Crippen LogP contribution in [0.25, 0.3) is 0 Å². The van der Waals surface area contributed by atoms with Crippen molar-refractivity contribution in [2.45, 2.75) is 27.0 Å². The first-order valence-corrected chi connectivity index (χ1v) is 5.03. The normalized spacial score (nSPS) is 10.8. The number of ether oxygens (including phenoxy) is 1. The number of aryl methyl sites for hydroxylation is 2. The maximum absolute atomic E-state index is 5.49. The highest BCUT2D eigenvalue weighted by atomic mass is 16.5. The molecular formula is C10H19N3O. The lowest BCUT2D eigenvalue weighted by atomic mass is 10.4. The molecule has 0 aromatic carbocycles. The molecular weight excluding hydrogens is 178 g/mol. The largest absolute Gasteiger partial charge is 0.374 e. The highest BCUT2D eigenvalue weighted by molar-refractivity contribution is 5.07. The first kappa shape index (κ1) is 11.2. The van der Waals surface area contributed by atoms with Crippen LogP contribution in [-0.2, 0) is 17.9 Å². The number of nitrogens with zero attached hydrogens (tertiary/aromatic N) is 2. The molecule has 1 heterocycles. The topological polar surface area (TPSA) is 39.1 Å². The molecule has 0 fully saturated rings. The third-order valence-electron chi connectivity index (χ3n) is 2.03. The standard InChI is InChI=1S/C10H19N3O/c1-4-13-10(7-9(2)12-13)8-14-6-5-11-3/h7,11H,4-6,8H2,1-3H3. The number of nitrogens with one attached hydrogen (secondary N) is 1. The van der Waals surface area contributed by atoms with Crippen molar-refractivity contribution in [1.82, 2.24) is 15.1 Å². The molecule has 0 saturated carbocycles. The van der Waals surface area contributed by atoms with Crippen LogP contribution in [0.3, 0.4) is 0 Å². The van der Waals surface area contributed by atoms with Crippen molar-refractivity contribution in [3.05, 3.63) is 17.5 Å². The van der Waals surface area contributed by atoms with Gasteiger partial charge in [-0.05, 0) is 27.0 Å². The maximum atomic E-state index is 5.49. The first-order chi connectivity index (χ1) is 6.77. The van der Waals surface area contributed by atoms with Gasteiger partial charge in [0.2, 0.25) is 0 Å². The van der Waals surface area contributed by atoms with Crippen molar-refractivity contribution in [2.75, 3.05) is 20.2 Å². The van der Waals surface area contributed by atoms with Gasteiger partial charge in [0.15, 0.2) is 0 Å². The summed E-state index contributed by atoms with van der Waals surface area (Å²) in [7, 11) is 1.92. The molecule has 80 valence electrons. The number of aromatic nitrogens is 2. The summed E-state index contributed by atoms with van der Waals surface area (Å²) in [5.41, 5.74) is 2.21. The second-order valence-corrected chi connectivity index (χ2v) is 3.25. The SMILES string of the molecule is CCn1nc(C)cc1COCCNC. The summed E-state index contributed by atoms with van der Waals surface area (Å²) in [6.45, 7) is 7.27. The number of rotatable bonds is 6. The molecule has 0 spiro atoms. The van der Waals surface area contributed by atoms with Gasteiger partial charge in [-0.15, -0.1) is 0 Å². The lowest BCUT2D eigenvalue weighted by Gasteiger charge is -2.05. The molecule has 0 aliphatic rings. The van der Waals surface area contributed by atoms with Crippen LogP contribution in [-0.4, -0.2) is 30.0 Å². The number of hydrogen-bond donors (Lipinski definition) is 1. The Balaban J connectivity index is 2.41. The quantitative estimate of drug-likeness (QED) is 0.690. The summed E-state index contributed by atoms with van der Waals surface area (Å²) >= 11 is 0.